The molecule has 1 aromatic carbocycles. The first-order chi connectivity index (χ1) is 7.20. The summed E-state index contributed by atoms with van der Waals surface area (Å²) in [5.41, 5.74) is 2.71. The summed E-state index contributed by atoms with van der Waals surface area (Å²) in [6.07, 6.45) is 0. The molecule has 1 heterocycles. The predicted molar refractivity (Wildman–Crippen MR) is 60.6 cm³/mol. The molecule has 0 aliphatic rings. The average Bonchev–Trinajstić information content (AvgIpc) is 2.19. The summed E-state index contributed by atoms with van der Waals surface area (Å²) in [6.45, 7) is 4.76. The molecule has 0 radical (unpaired) electrons. The van der Waals surface area contributed by atoms with Gasteiger partial charge in [0.15, 0.2) is 0 Å². The Labute approximate surface area is 88.1 Å². The molecule has 0 atom stereocenters. The van der Waals surface area contributed by atoms with Gasteiger partial charge in [-0.15, -0.1) is 0 Å². The average molecular weight is 204 g/mol. The third-order valence-electron chi connectivity index (χ3n) is 2.27. The van der Waals surface area contributed by atoms with Gasteiger partial charge in [0.2, 0.25) is 0 Å². The SMILES string of the molecule is CCNc1cc(C)nc2ccc(F)cc12. The van der Waals surface area contributed by atoms with Crippen molar-refractivity contribution < 1.29 is 4.39 Å². The standard InChI is InChI=1S/C12H13FN2/c1-3-14-12-6-8(2)15-11-5-4-9(13)7-10(11)12/h4-7H,3H2,1-2H3,(H,14,15). The Morgan fingerprint density at radius 2 is 2.13 bits per heavy atom. The largest absolute Gasteiger partial charge is 0.385 e. The van der Waals surface area contributed by atoms with Crippen LogP contribution < -0.4 is 5.32 Å². The molecule has 2 aromatic rings. The molecule has 0 saturated heterocycles. The molecule has 0 bridgehead atoms. The minimum Gasteiger partial charge on any atom is -0.385 e. The van der Waals surface area contributed by atoms with E-state index in [1.54, 1.807) is 6.07 Å². The van der Waals surface area contributed by atoms with Crippen LogP contribution in [0.5, 0.6) is 0 Å². The van der Waals surface area contributed by atoms with Crippen LogP contribution in [-0.2, 0) is 0 Å². The van der Waals surface area contributed by atoms with E-state index in [0.29, 0.717) is 0 Å². The molecular formula is C12H13FN2. The molecule has 0 spiro atoms. The van der Waals surface area contributed by atoms with Crippen molar-refractivity contribution >= 4 is 16.6 Å². The number of anilines is 1. The number of nitrogens with zero attached hydrogens (tertiary/aromatic N) is 1. The minimum absolute atomic E-state index is 0.229. The fourth-order valence-electron chi connectivity index (χ4n) is 1.67. The zero-order chi connectivity index (χ0) is 10.8. The van der Waals surface area contributed by atoms with E-state index in [0.717, 1.165) is 28.8 Å². The van der Waals surface area contributed by atoms with Crippen LogP contribution in [0.15, 0.2) is 24.3 Å². The number of hydrogen-bond acceptors (Lipinski definition) is 2. The molecule has 3 heteroatoms. The van der Waals surface area contributed by atoms with Gasteiger partial charge in [-0.05, 0) is 38.1 Å². The molecule has 78 valence electrons. The van der Waals surface area contributed by atoms with Crippen LogP contribution in [0.3, 0.4) is 0 Å². The zero-order valence-electron chi connectivity index (χ0n) is 8.84. The second-order valence-corrected chi connectivity index (χ2v) is 3.50. The van der Waals surface area contributed by atoms with Crippen LogP contribution in [0, 0.1) is 12.7 Å². The lowest BCUT2D eigenvalue weighted by Crippen LogP contribution is -1.99. The maximum absolute atomic E-state index is 13.1. The van der Waals surface area contributed by atoms with E-state index in [-0.39, 0.29) is 5.82 Å². The van der Waals surface area contributed by atoms with Crippen LogP contribution in [0.2, 0.25) is 0 Å². The topological polar surface area (TPSA) is 24.9 Å². The Morgan fingerprint density at radius 1 is 1.33 bits per heavy atom. The van der Waals surface area contributed by atoms with Crippen molar-refractivity contribution in [1.82, 2.24) is 4.98 Å². The lowest BCUT2D eigenvalue weighted by atomic mass is 10.1. The van der Waals surface area contributed by atoms with Crippen molar-refractivity contribution in [2.24, 2.45) is 0 Å². The fourth-order valence-corrected chi connectivity index (χ4v) is 1.67. The Balaban J connectivity index is 2.70. The van der Waals surface area contributed by atoms with Crippen molar-refractivity contribution in [1.29, 1.82) is 0 Å². The van der Waals surface area contributed by atoms with Crippen molar-refractivity contribution in [3.05, 3.63) is 35.8 Å². The number of aryl methyl sites for hydroxylation is 1. The molecule has 0 saturated carbocycles. The molecule has 1 N–H and O–H groups in total. The van der Waals surface area contributed by atoms with Gasteiger partial charge < -0.3 is 5.32 Å². The van der Waals surface area contributed by atoms with Crippen molar-refractivity contribution in [3.8, 4) is 0 Å². The molecule has 2 rings (SSSR count). The van der Waals surface area contributed by atoms with E-state index < -0.39 is 0 Å². The Hall–Kier alpha value is -1.64. The second-order valence-electron chi connectivity index (χ2n) is 3.50. The Morgan fingerprint density at radius 3 is 2.87 bits per heavy atom. The third-order valence-corrected chi connectivity index (χ3v) is 2.27. The zero-order valence-corrected chi connectivity index (χ0v) is 8.84. The van der Waals surface area contributed by atoms with Gasteiger partial charge in [-0.25, -0.2) is 4.39 Å². The number of benzene rings is 1. The van der Waals surface area contributed by atoms with Gasteiger partial charge >= 0.3 is 0 Å². The van der Waals surface area contributed by atoms with Crippen molar-refractivity contribution in [2.75, 3.05) is 11.9 Å². The molecule has 2 nitrogen and oxygen atoms in total. The first-order valence-electron chi connectivity index (χ1n) is 5.01. The summed E-state index contributed by atoms with van der Waals surface area (Å²) in [5, 5.41) is 4.05. The molecule has 0 unspecified atom stereocenters. The third kappa shape index (κ3) is 1.91. The monoisotopic (exact) mass is 204 g/mol. The highest BCUT2D eigenvalue weighted by atomic mass is 19.1. The van der Waals surface area contributed by atoms with E-state index in [9.17, 15) is 4.39 Å². The minimum atomic E-state index is -0.229. The lowest BCUT2D eigenvalue weighted by Gasteiger charge is -2.08. The first kappa shape index (κ1) is 9.90. The molecule has 0 amide bonds. The second kappa shape index (κ2) is 3.85. The van der Waals surface area contributed by atoms with Gasteiger partial charge in [0, 0.05) is 23.3 Å². The smallest absolute Gasteiger partial charge is 0.124 e. The summed E-state index contributed by atoms with van der Waals surface area (Å²) in [5.74, 6) is -0.229. The molecular weight excluding hydrogens is 191 g/mol. The molecule has 1 aromatic heterocycles. The maximum Gasteiger partial charge on any atom is 0.124 e. The highest BCUT2D eigenvalue weighted by Crippen LogP contribution is 2.23. The number of halogens is 1. The number of aromatic nitrogens is 1. The first-order valence-corrected chi connectivity index (χ1v) is 5.01. The van der Waals surface area contributed by atoms with Crippen LogP contribution in [-0.4, -0.2) is 11.5 Å². The molecule has 0 aliphatic carbocycles. The summed E-state index contributed by atoms with van der Waals surface area (Å²) >= 11 is 0. The molecule has 15 heavy (non-hydrogen) atoms. The van der Waals surface area contributed by atoms with Gasteiger partial charge in [0.25, 0.3) is 0 Å². The number of rotatable bonds is 2. The van der Waals surface area contributed by atoms with Gasteiger partial charge in [-0.2, -0.15) is 0 Å². The van der Waals surface area contributed by atoms with E-state index in [2.05, 4.69) is 10.3 Å². The normalized spacial score (nSPS) is 10.6. The van der Waals surface area contributed by atoms with Crippen molar-refractivity contribution in [3.63, 3.8) is 0 Å². The summed E-state index contributed by atoms with van der Waals surface area (Å²) < 4.78 is 13.1. The van der Waals surface area contributed by atoms with Crippen LogP contribution in [0.4, 0.5) is 10.1 Å². The quantitative estimate of drug-likeness (QED) is 0.813. The predicted octanol–water partition coefficient (Wildman–Crippen LogP) is 3.11. The highest BCUT2D eigenvalue weighted by Gasteiger charge is 2.04. The van der Waals surface area contributed by atoms with Gasteiger partial charge in [0.05, 0.1) is 5.52 Å². The number of pyridine rings is 1. The number of nitrogens with one attached hydrogen (secondary N) is 1. The van der Waals surface area contributed by atoms with Crippen LogP contribution >= 0.6 is 0 Å². The summed E-state index contributed by atoms with van der Waals surface area (Å²) in [7, 11) is 0. The van der Waals surface area contributed by atoms with Gasteiger partial charge in [-0.1, -0.05) is 0 Å². The van der Waals surface area contributed by atoms with Gasteiger partial charge in [-0.3, -0.25) is 4.98 Å². The highest BCUT2D eigenvalue weighted by molar-refractivity contribution is 5.91. The van der Waals surface area contributed by atoms with E-state index in [4.69, 9.17) is 0 Å². The van der Waals surface area contributed by atoms with E-state index in [1.807, 2.05) is 19.9 Å². The molecule has 0 aliphatic heterocycles. The van der Waals surface area contributed by atoms with E-state index >= 15 is 0 Å². The van der Waals surface area contributed by atoms with Crippen LogP contribution in [0.1, 0.15) is 12.6 Å². The number of fused-ring (bicyclic) bond motifs is 1. The summed E-state index contributed by atoms with van der Waals surface area (Å²) in [6, 6.07) is 6.59. The number of hydrogen-bond donors (Lipinski definition) is 1. The maximum atomic E-state index is 13.1. The Bertz CT molecular complexity index is 494. The van der Waals surface area contributed by atoms with Crippen molar-refractivity contribution in [2.45, 2.75) is 13.8 Å². The van der Waals surface area contributed by atoms with Gasteiger partial charge in [0.1, 0.15) is 5.82 Å². The fraction of sp³-hybridized carbons (Fsp3) is 0.250. The van der Waals surface area contributed by atoms with Crippen LogP contribution in [0.25, 0.3) is 10.9 Å². The lowest BCUT2D eigenvalue weighted by molar-refractivity contribution is 0.629. The Kier molecular flexibility index (Phi) is 2.54. The molecule has 0 fully saturated rings. The van der Waals surface area contributed by atoms with E-state index in [1.165, 1.54) is 12.1 Å². The summed E-state index contributed by atoms with van der Waals surface area (Å²) in [4.78, 5) is 4.35.